The van der Waals surface area contributed by atoms with Crippen LogP contribution in [0.5, 0.6) is 0 Å². The molecule has 0 bridgehead atoms. The van der Waals surface area contributed by atoms with Gasteiger partial charge in [-0.1, -0.05) is 30.4 Å². The quantitative estimate of drug-likeness (QED) is 0.617. The van der Waals surface area contributed by atoms with Crippen molar-refractivity contribution < 1.29 is 14.7 Å². The third-order valence-corrected chi connectivity index (χ3v) is 2.19. The highest BCUT2D eigenvalue weighted by Gasteiger charge is 2.03. The van der Waals surface area contributed by atoms with Gasteiger partial charge in [0, 0.05) is 12.6 Å². The van der Waals surface area contributed by atoms with Crippen LogP contribution in [0.15, 0.2) is 48.6 Å². The Hall–Kier alpha value is -2.36. The molecule has 0 fully saturated rings. The molecule has 2 N–H and O–H groups in total. The molecule has 0 saturated heterocycles. The fourth-order valence-electron chi connectivity index (χ4n) is 1.32. The van der Waals surface area contributed by atoms with Gasteiger partial charge in [0.15, 0.2) is 0 Å². The lowest BCUT2D eigenvalue weighted by molar-refractivity contribution is -0.116. The largest absolute Gasteiger partial charge is 0.478 e. The molecule has 0 unspecified atom stereocenters. The number of nitrogens with one attached hydrogen (secondary N) is 1. The fraction of sp³-hybridized carbons (Fsp3) is 0.143. The molecule has 4 heteroatoms. The minimum absolute atomic E-state index is 0.214. The number of hydrogen-bond acceptors (Lipinski definition) is 2. The molecular formula is C14H15NO3. The first-order chi connectivity index (χ1) is 8.63. The van der Waals surface area contributed by atoms with Crippen LogP contribution in [0.3, 0.4) is 0 Å². The van der Waals surface area contributed by atoms with Gasteiger partial charge in [-0.2, -0.15) is 0 Å². The highest BCUT2D eigenvalue weighted by atomic mass is 16.4. The number of carbonyl (C=O) groups is 2. The maximum atomic E-state index is 11.4. The summed E-state index contributed by atoms with van der Waals surface area (Å²) in [6.07, 6.45) is 6.63. The van der Waals surface area contributed by atoms with Gasteiger partial charge in [-0.05, 0) is 24.6 Å². The summed E-state index contributed by atoms with van der Waals surface area (Å²) >= 11 is 0. The zero-order valence-electron chi connectivity index (χ0n) is 10.1. The molecule has 18 heavy (non-hydrogen) atoms. The van der Waals surface area contributed by atoms with E-state index in [2.05, 4.69) is 5.32 Å². The summed E-state index contributed by atoms with van der Waals surface area (Å²) in [6, 6.07) is 6.47. The van der Waals surface area contributed by atoms with Crippen molar-refractivity contribution in [2.24, 2.45) is 0 Å². The molecule has 0 radical (unpaired) electrons. The second-order valence-corrected chi connectivity index (χ2v) is 3.61. The predicted molar refractivity (Wildman–Crippen MR) is 69.2 cm³/mol. The Kier molecular flexibility index (Phi) is 5.38. The Morgan fingerprint density at radius 2 is 2.11 bits per heavy atom. The van der Waals surface area contributed by atoms with Gasteiger partial charge in [-0.3, -0.25) is 4.79 Å². The van der Waals surface area contributed by atoms with Crippen molar-refractivity contribution in [2.45, 2.75) is 13.5 Å². The number of carboxylic acid groups (broad SMARTS) is 1. The lowest BCUT2D eigenvalue weighted by Gasteiger charge is -2.03. The van der Waals surface area contributed by atoms with Crippen molar-refractivity contribution in [3.8, 4) is 0 Å². The Morgan fingerprint density at radius 1 is 1.33 bits per heavy atom. The lowest BCUT2D eigenvalue weighted by atomic mass is 10.1. The van der Waals surface area contributed by atoms with Crippen LogP contribution in [0.2, 0.25) is 0 Å². The number of rotatable bonds is 5. The average Bonchev–Trinajstić information content (AvgIpc) is 2.37. The number of allylic oxidation sites excluding steroid dienone is 3. The summed E-state index contributed by atoms with van der Waals surface area (Å²) in [7, 11) is 0. The molecule has 1 amide bonds. The highest BCUT2D eigenvalue weighted by Crippen LogP contribution is 2.04. The van der Waals surface area contributed by atoms with Crippen molar-refractivity contribution in [1.82, 2.24) is 5.32 Å². The van der Waals surface area contributed by atoms with Gasteiger partial charge < -0.3 is 10.4 Å². The summed E-state index contributed by atoms with van der Waals surface area (Å²) in [4.78, 5) is 22.1. The molecule has 0 aliphatic carbocycles. The zero-order valence-corrected chi connectivity index (χ0v) is 10.1. The lowest BCUT2D eigenvalue weighted by Crippen LogP contribution is -2.20. The summed E-state index contributed by atoms with van der Waals surface area (Å²) in [5.74, 6) is -1.19. The number of carbonyl (C=O) groups excluding carboxylic acids is 1. The smallest absolute Gasteiger partial charge is 0.335 e. The second kappa shape index (κ2) is 7.06. The van der Waals surface area contributed by atoms with E-state index < -0.39 is 5.97 Å². The van der Waals surface area contributed by atoms with Crippen LogP contribution in [-0.2, 0) is 11.3 Å². The van der Waals surface area contributed by atoms with Crippen LogP contribution in [0.25, 0.3) is 0 Å². The third-order valence-electron chi connectivity index (χ3n) is 2.19. The molecule has 0 atom stereocenters. The summed E-state index contributed by atoms with van der Waals surface area (Å²) in [5, 5.41) is 11.5. The van der Waals surface area contributed by atoms with Crippen molar-refractivity contribution in [1.29, 1.82) is 0 Å². The van der Waals surface area contributed by atoms with Gasteiger partial charge in [0.05, 0.1) is 5.56 Å². The van der Waals surface area contributed by atoms with E-state index in [4.69, 9.17) is 5.11 Å². The van der Waals surface area contributed by atoms with Crippen LogP contribution < -0.4 is 5.32 Å². The molecule has 1 rings (SSSR count). The predicted octanol–water partition coefficient (Wildman–Crippen LogP) is 2.13. The van der Waals surface area contributed by atoms with Gasteiger partial charge >= 0.3 is 5.97 Å². The molecule has 0 aliphatic heterocycles. The molecule has 0 heterocycles. The summed E-state index contributed by atoms with van der Waals surface area (Å²) in [6.45, 7) is 2.17. The highest BCUT2D eigenvalue weighted by molar-refractivity contribution is 5.88. The number of carboxylic acids is 1. The molecule has 0 aliphatic rings. The first-order valence-corrected chi connectivity index (χ1v) is 5.53. The van der Waals surface area contributed by atoms with Crippen LogP contribution >= 0.6 is 0 Å². The van der Waals surface area contributed by atoms with E-state index in [0.29, 0.717) is 6.54 Å². The number of hydrogen-bond donors (Lipinski definition) is 2. The molecule has 0 saturated carbocycles. The van der Waals surface area contributed by atoms with E-state index in [1.54, 1.807) is 24.3 Å². The molecule has 1 aromatic carbocycles. The van der Waals surface area contributed by atoms with Crippen LogP contribution in [0.4, 0.5) is 0 Å². The van der Waals surface area contributed by atoms with E-state index in [9.17, 15) is 9.59 Å². The van der Waals surface area contributed by atoms with E-state index in [-0.39, 0.29) is 11.5 Å². The first kappa shape index (κ1) is 13.7. The van der Waals surface area contributed by atoms with Crippen LogP contribution in [0, 0.1) is 0 Å². The standard InChI is InChI=1S/C14H15NO3/c1-2-3-4-8-13(16)15-10-11-6-5-7-12(9-11)14(17)18/h2-9H,10H2,1H3,(H,15,16)(H,17,18)/b3-2+,8-4+. The van der Waals surface area contributed by atoms with Crippen molar-refractivity contribution in [2.75, 3.05) is 0 Å². The minimum atomic E-state index is -0.976. The van der Waals surface area contributed by atoms with E-state index in [0.717, 1.165) is 5.56 Å². The van der Waals surface area contributed by atoms with Crippen molar-refractivity contribution in [3.05, 3.63) is 59.7 Å². The fourth-order valence-corrected chi connectivity index (χ4v) is 1.32. The SMILES string of the molecule is C/C=C/C=C/C(=O)NCc1cccc(C(=O)O)c1. The minimum Gasteiger partial charge on any atom is -0.478 e. The Balaban J connectivity index is 2.55. The van der Waals surface area contributed by atoms with Gasteiger partial charge in [0.1, 0.15) is 0 Å². The number of amides is 1. The Morgan fingerprint density at radius 3 is 2.78 bits per heavy atom. The third kappa shape index (κ3) is 4.65. The average molecular weight is 245 g/mol. The van der Waals surface area contributed by atoms with E-state index in [1.165, 1.54) is 18.2 Å². The molecule has 0 aromatic heterocycles. The first-order valence-electron chi connectivity index (χ1n) is 5.53. The second-order valence-electron chi connectivity index (χ2n) is 3.61. The zero-order chi connectivity index (χ0) is 13.4. The van der Waals surface area contributed by atoms with E-state index in [1.807, 2.05) is 13.0 Å². The van der Waals surface area contributed by atoms with Crippen LogP contribution in [-0.4, -0.2) is 17.0 Å². The maximum Gasteiger partial charge on any atom is 0.335 e. The number of aromatic carboxylic acids is 1. The molecule has 1 aromatic rings. The topological polar surface area (TPSA) is 66.4 Å². The molecular weight excluding hydrogens is 230 g/mol. The summed E-state index contributed by atoms with van der Waals surface area (Å²) < 4.78 is 0. The van der Waals surface area contributed by atoms with Gasteiger partial charge in [-0.25, -0.2) is 4.79 Å². The molecule has 0 spiro atoms. The number of benzene rings is 1. The molecule has 4 nitrogen and oxygen atoms in total. The normalized spacial score (nSPS) is 10.9. The Bertz CT molecular complexity index is 490. The Labute approximate surface area is 106 Å². The van der Waals surface area contributed by atoms with Gasteiger partial charge in [0.2, 0.25) is 5.91 Å². The van der Waals surface area contributed by atoms with Crippen LogP contribution in [0.1, 0.15) is 22.8 Å². The maximum absolute atomic E-state index is 11.4. The van der Waals surface area contributed by atoms with Crippen molar-refractivity contribution in [3.63, 3.8) is 0 Å². The van der Waals surface area contributed by atoms with Crippen molar-refractivity contribution >= 4 is 11.9 Å². The summed E-state index contributed by atoms with van der Waals surface area (Å²) in [5.41, 5.74) is 0.967. The van der Waals surface area contributed by atoms with Gasteiger partial charge in [0.25, 0.3) is 0 Å². The molecule has 94 valence electrons. The van der Waals surface area contributed by atoms with Gasteiger partial charge in [-0.15, -0.1) is 0 Å². The monoisotopic (exact) mass is 245 g/mol. The van der Waals surface area contributed by atoms with E-state index >= 15 is 0 Å².